The second-order valence-corrected chi connectivity index (χ2v) is 6.20. The quantitative estimate of drug-likeness (QED) is 0.544. The van der Waals surface area contributed by atoms with Gasteiger partial charge in [-0.15, -0.1) is 0 Å². The number of hydrogen-bond acceptors (Lipinski definition) is 3. The molecular weight excluding hydrogens is 288 g/mol. The monoisotopic (exact) mass is 312 g/mol. The summed E-state index contributed by atoms with van der Waals surface area (Å²) in [5.41, 5.74) is 3.74. The van der Waals surface area contributed by atoms with Gasteiger partial charge in [0.25, 0.3) is 5.69 Å². The van der Waals surface area contributed by atoms with Crippen LogP contribution in [-0.2, 0) is 13.0 Å². The lowest BCUT2D eigenvalue weighted by Crippen LogP contribution is -2.21. The molecule has 0 heterocycles. The molecule has 2 aromatic carbocycles. The topological polar surface area (TPSA) is 46.4 Å². The summed E-state index contributed by atoms with van der Waals surface area (Å²) in [4.78, 5) is 12.6. The van der Waals surface area contributed by atoms with Crippen LogP contribution < -0.4 is 4.90 Å². The summed E-state index contributed by atoms with van der Waals surface area (Å²) in [6, 6.07) is 15.5. The van der Waals surface area contributed by atoms with Crippen LogP contribution in [0, 0.1) is 16.0 Å². The van der Waals surface area contributed by atoms with Crippen molar-refractivity contribution in [3.63, 3.8) is 0 Å². The van der Waals surface area contributed by atoms with Crippen molar-refractivity contribution in [2.45, 2.75) is 33.7 Å². The molecule has 122 valence electrons. The van der Waals surface area contributed by atoms with E-state index in [1.807, 2.05) is 12.1 Å². The zero-order valence-electron chi connectivity index (χ0n) is 14.0. The van der Waals surface area contributed by atoms with Crippen LogP contribution in [0.4, 0.5) is 11.4 Å². The molecule has 0 bridgehead atoms. The van der Waals surface area contributed by atoms with E-state index < -0.39 is 0 Å². The van der Waals surface area contributed by atoms with Crippen LogP contribution in [0.15, 0.2) is 48.5 Å². The first-order valence-electron chi connectivity index (χ1n) is 8.06. The van der Waals surface area contributed by atoms with E-state index in [0.717, 1.165) is 25.1 Å². The summed E-state index contributed by atoms with van der Waals surface area (Å²) in [6.07, 6.45) is 1.09. The molecule has 0 aliphatic carbocycles. The Morgan fingerprint density at radius 2 is 1.57 bits per heavy atom. The molecule has 2 aromatic rings. The SMILES string of the molecule is CCN(Cc1ccc([N+](=O)[O-])cc1)c1ccc(CC(C)C)cc1. The molecule has 0 aliphatic rings. The Morgan fingerprint density at radius 3 is 2.04 bits per heavy atom. The average Bonchev–Trinajstić information content (AvgIpc) is 2.53. The number of non-ortho nitro benzene ring substituents is 1. The minimum absolute atomic E-state index is 0.134. The molecule has 2 rings (SSSR count). The molecule has 0 unspecified atom stereocenters. The zero-order valence-corrected chi connectivity index (χ0v) is 14.0. The third-order valence-corrected chi connectivity index (χ3v) is 3.85. The number of benzene rings is 2. The number of nitrogens with zero attached hydrogens (tertiary/aromatic N) is 2. The molecule has 0 N–H and O–H groups in total. The summed E-state index contributed by atoms with van der Waals surface area (Å²) >= 11 is 0. The van der Waals surface area contributed by atoms with Crippen LogP contribution in [0.2, 0.25) is 0 Å². The lowest BCUT2D eigenvalue weighted by molar-refractivity contribution is -0.384. The Balaban J connectivity index is 2.08. The first-order chi connectivity index (χ1) is 11.0. The van der Waals surface area contributed by atoms with E-state index >= 15 is 0 Å². The predicted molar refractivity (Wildman–Crippen MR) is 94.8 cm³/mol. The van der Waals surface area contributed by atoms with Gasteiger partial charge in [-0.25, -0.2) is 0 Å². The normalized spacial score (nSPS) is 10.8. The van der Waals surface area contributed by atoms with Crippen LogP contribution in [0.5, 0.6) is 0 Å². The highest BCUT2D eigenvalue weighted by molar-refractivity contribution is 5.48. The second-order valence-electron chi connectivity index (χ2n) is 6.20. The maximum Gasteiger partial charge on any atom is 0.269 e. The summed E-state index contributed by atoms with van der Waals surface area (Å²) in [7, 11) is 0. The first-order valence-corrected chi connectivity index (χ1v) is 8.06. The molecule has 23 heavy (non-hydrogen) atoms. The second kappa shape index (κ2) is 7.77. The predicted octanol–water partition coefficient (Wildman–Crippen LogP) is 4.82. The van der Waals surface area contributed by atoms with Crippen LogP contribution >= 0.6 is 0 Å². The Bertz CT molecular complexity index is 633. The van der Waals surface area contributed by atoms with Crippen molar-refractivity contribution < 1.29 is 4.92 Å². The number of nitro benzene ring substituents is 1. The summed E-state index contributed by atoms with van der Waals surface area (Å²) in [6.45, 7) is 8.20. The van der Waals surface area contributed by atoms with E-state index in [4.69, 9.17) is 0 Å². The van der Waals surface area contributed by atoms with Crippen molar-refractivity contribution in [3.8, 4) is 0 Å². The molecular formula is C19H24N2O2. The maximum atomic E-state index is 10.7. The lowest BCUT2D eigenvalue weighted by Gasteiger charge is -2.23. The van der Waals surface area contributed by atoms with E-state index in [9.17, 15) is 10.1 Å². The maximum absolute atomic E-state index is 10.7. The number of hydrogen-bond donors (Lipinski definition) is 0. The van der Waals surface area contributed by atoms with Gasteiger partial charge in [0, 0.05) is 30.9 Å². The van der Waals surface area contributed by atoms with Gasteiger partial charge in [-0.05, 0) is 42.5 Å². The fourth-order valence-electron chi connectivity index (χ4n) is 2.64. The molecule has 4 nitrogen and oxygen atoms in total. The van der Waals surface area contributed by atoms with E-state index in [0.29, 0.717) is 5.92 Å². The number of nitro groups is 1. The van der Waals surface area contributed by atoms with E-state index in [1.54, 1.807) is 12.1 Å². The van der Waals surface area contributed by atoms with Gasteiger partial charge in [0.1, 0.15) is 0 Å². The van der Waals surface area contributed by atoms with Crippen molar-refractivity contribution in [2.24, 2.45) is 5.92 Å². The van der Waals surface area contributed by atoms with Gasteiger partial charge in [-0.2, -0.15) is 0 Å². The van der Waals surface area contributed by atoms with Crippen LogP contribution in [0.3, 0.4) is 0 Å². The van der Waals surface area contributed by atoms with Crippen molar-refractivity contribution in [2.75, 3.05) is 11.4 Å². The smallest absolute Gasteiger partial charge is 0.269 e. The van der Waals surface area contributed by atoms with E-state index in [2.05, 4.69) is 49.9 Å². The van der Waals surface area contributed by atoms with Crippen molar-refractivity contribution in [3.05, 3.63) is 69.8 Å². The Kier molecular flexibility index (Phi) is 5.74. The van der Waals surface area contributed by atoms with Gasteiger partial charge >= 0.3 is 0 Å². The van der Waals surface area contributed by atoms with Gasteiger partial charge in [-0.3, -0.25) is 10.1 Å². The van der Waals surface area contributed by atoms with Crippen molar-refractivity contribution >= 4 is 11.4 Å². The minimum atomic E-state index is -0.366. The third-order valence-electron chi connectivity index (χ3n) is 3.85. The van der Waals surface area contributed by atoms with Crippen molar-refractivity contribution in [1.29, 1.82) is 0 Å². The largest absolute Gasteiger partial charge is 0.367 e. The third kappa shape index (κ3) is 4.81. The lowest BCUT2D eigenvalue weighted by atomic mass is 10.0. The number of rotatable bonds is 7. The molecule has 0 aliphatic heterocycles. The Labute approximate surface area is 137 Å². The fourth-order valence-corrected chi connectivity index (χ4v) is 2.64. The van der Waals surface area contributed by atoms with Crippen LogP contribution in [0.25, 0.3) is 0 Å². The van der Waals surface area contributed by atoms with E-state index in [1.165, 1.54) is 11.3 Å². The first kappa shape index (κ1) is 17.0. The van der Waals surface area contributed by atoms with Crippen molar-refractivity contribution in [1.82, 2.24) is 0 Å². The molecule has 0 saturated carbocycles. The minimum Gasteiger partial charge on any atom is -0.367 e. The standard InChI is InChI=1S/C19H24N2O2/c1-4-20(14-17-7-11-19(12-8-17)21(22)23)18-9-5-16(6-10-18)13-15(2)3/h5-12,15H,4,13-14H2,1-3H3. The van der Waals surface area contributed by atoms with Gasteiger partial charge in [-0.1, -0.05) is 38.1 Å². The number of anilines is 1. The summed E-state index contributed by atoms with van der Waals surface area (Å²) < 4.78 is 0. The highest BCUT2D eigenvalue weighted by Crippen LogP contribution is 2.20. The molecule has 0 radical (unpaired) electrons. The summed E-state index contributed by atoms with van der Waals surface area (Å²) in [5, 5.41) is 10.7. The zero-order chi connectivity index (χ0) is 16.8. The van der Waals surface area contributed by atoms with Gasteiger partial charge in [0.15, 0.2) is 0 Å². The van der Waals surface area contributed by atoms with Crippen LogP contribution in [0.1, 0.15) is 31.9 Å². The molecule has 4 heteroatoms. The average molecular weight is 312 g/mol. The molecule has 0 saturated heterocycles. The van der Waals surface area contributed by atoms with Gasteiger partial charge < -0.3 is 4.90 Å². The molecule has 0 aromatic heterocycles. The Morgan fingerprint density at radius 1 is 1.00 bits per heavy atom. The highest BCUT2D eigenvalue weighted by Gasteiger charge is 2.08. The van der Waals surface area contributed by atoms with E-state index in [-0.39, 0.29) is 10.6 Å². The molecule has 0 spiro atoms. The van der Waals surface area contributed by atoms with Gasteiger partial charge in [0.2, 0.25) is 0 Å². The molecule has 0 amide bonds. The van der Waals surface area contributed by atoms with Crippen LogP contribution in [-0.4, -0.2) is 11.5 Å². The Hall–Kier alpha value is -2.36. The molecule has 0 fully saturated rings. The fraction of sp³-hybridized carbons (Fsp3) is 0.368. The van der Waals surface area contributed by atoms with Gasteiger partial charge in [0.05, 0.1) is 4.92 Å². The summed E-state index contributed by atoms with van der Waals surface area (Å²) in [5.74, 6) is 0.656. The highest BCUT2D eigenvalue weighted by atomic mass is 16.6. The molecule has 0 atom stereocenters.